The molecule has 9 aromatic carbocycles. The quantitative estimate of drug-likeness (QED) is 0.128. The van der Waals surface area contributed by atoms with Crippen LogP contribution in [0.2, 0.25) is 0 Å². The molecule has 0 aliphatic carbocycles. The first kappa shape index (κ1) is 43.0. The van der Waals surface area contributed by atoms with Crippen molar-refractivity contribution in [1.29, 1.82) is 5.26 Å². The van der Waals surface area contributed by atoms with E-state index in [4.69, 9.17) is 29.7 Å². The lowest BCUT2D eigenvalue weighted by molar-refractivity contribution is 1.17. The molecule has 11 rings (SSSR count). The lowest BCUT2D eigenvalue weighted by atomic mass is 10.00. The van der Waals surface area contributed by atoms with E-state index < -0.39 is 0 Å². The second-order valence-electron chi connectivity index (χ2n) is 16.6. The van der Waals surface area contributed by atoms with Gasteiger partial charge in [0, 0.05) is 61.6 Å². The van der Waals surface area contributed by atoms with Crippen LogP contribution in [0.5, 0.6) is 0 Å². The van der Waals surface area contributed by atoms with Crippen molar-refractivity contribution in [3.05, 3.63) is 264 Å². The zero-order chi connectivity index (χ0) is 48.3. The number of anilines is 6. The van der Waals surface area contributed by atoms with Gasteiger partial charge in [0.25, 0.3) is 0 Å². The third-order valence-corrected chi connectivity index (χ3v) is 12.5. The van der Waals surface area contributed by atoms with Gasteiger partial charge in [0.05, 0.1) is 59.5 Å². The third-order valence-electron chi connectivity index (χ3n) is 12.5. The topological polar surface area (TPSA) is 74.1 Å². The summed E-state index contributed by atoms with van der Waals surface area (Å²) in [7, 11) is 0. The number of nitriles is 1. The second-order valence-corrected chi connectivity index (χ2v) is 16.6. The van der Waals surface area contributed by atoms with E-state index in [0.29, 0.717) is 50.8 Å². The van der Waals surface area contributed by atoms with Crippen molar-refractivity contribution in [3.63, 3.8) is 0 Å². The molecule has 0 aliphatic heterocycles. The summed E-state index contributed by atoms with van der Waals surface area (Å²) in [6, 6.07) is 75.8. The zero-order valence-electron chi connectivity index (χ0n) is 37.9. The molecule has 71 heavy (non-hydrogen) atoms. The molecular weight excluding hydrogens is 871 g/mol. The predicted molar refractivity (Wildman–Crippen MR) is 286 cm³/mol. The number of nitrogens with zero attached hydrogens (tertiary/aromatic N) is 9. The van der Waals surface area contributed by atoms with Gasteiger partial charge in [0.15, 0.2) is 11.4 Å². The summed E-state index contributed by atoms with van der Waals surface area (Å²) >= 11 is 0. The van der Waals surface area contributed by atoms with Gasteiger partial charge in [-0.05, 0) is 103 Å². The van der Waals surface area contributed by atoms with Crippen molar-refractivity contribution < 1.29 is 0 Å². The van der Waals surface area contributed by atoms with E-state index in [0.717, 1.165) is 55.9 Å². The lowest BCUT2D eigenvalue weighted by Crippen LogP contribution is -2.09. The summed E-state index contributed by atoms with van der Waals surface area (Å²) in [6.07, 6.45) is 0. The Morgan fingerprint density at radius 1 is 0.394 bits per heavy atom. The summed E-state index contributed by atoms with van der Waals surface area (Å²) in [5.74, 6) is 0.260. The number of para-hydroxylation sites is 6. The number of aromatic nitrogens is 3. The minimum Gasteiger partial charge on any atom is -0.319 e. The van der Waals surface area contributed by atoms with Crippen LogP contribution in [-0.2, 0) is 0 Å². The summed E-state index contributed by atoms with van der Waals surface area (Å²) in [4.78, 5) is 26.0. The number of fused-ring (bicyclic) bond motifs is 3. The Balaban J connectivity index is 1.16. The van der Waals surface area contributed by atoms with E-state index in [1.165, 1.54) is 0 Å². The summed E-state index contributed by atoms with van der Waals surface area (Å²) in [6.45, 7) is 24.6. The Labute approximate surface area is 410 Å². The fourth-order valence-electron chi connectivity index (χ4n) is 9.28. The molecule has 0 spiro atoms. The fourth-order valence-corrected chi connectivity index (χ4v) is 9.28. The molecule has 0 unspecified atom stereocenters. The molecule has 0 amide bonds. The molecule has 2 aromatic heterocycles. The van der Waals surface area contributed by atoms with Crippen molar-refractivity contribution in [2.75, 3.05) is 9.80 Å². The average Bonchev–Trinajstić information content (AvgIpc) is 3.76. The summed E-state index contributed by atoms with van der Waals surface area (Å²) < 4.78 is 2.08. The van der Waals surface area contributed by atoms with Gasteiger partial charge in [-0.3, -0.25) is 0 Å². The average molecular weight is 908 g/mol. The standard InChI is InChI=1S/C62H37N9/c1-64-54-30-18-16-28-49(54)56-40-57(68-62(67-56)50-29-17-19-31-55(50)65-2)51-39-58(66-3)61(36-42(51)41-63)71-59-34-32-47(69(43-20-8-4-9-21-43)44-22-10-5-11-23-44)37-52(59)53-38-48(33-35-60(53)71)70(45-24-12-6-13-25-45)46-26-14-7-15-27-46/h4-40H. The summed E-state index contributed by atoms with van der Waals surface area (Å²) in [5.41, 5.74) is 11.7. The van der Waals surface area contributed by atoms with Crippen LogP contribution in [0.15, 0.2) is 224 Å². The predicted octanol–water partition coefficient (Wildman–Crippen LogP) is 17.0. The highest BCUT2D eigenvalue weighted by Crippen LogP contribution is 2.45. The molecule has 0 fully saturated rings. The van der Waals surface area contributed by atoms with Crippen molar-refractivity contribution in [2.45, 2.75) is 0 Å². The van der Waals surface area contributed by atoms with Crippen LogP contribution in [0.25, 0.3) is 75.9 Å². The van der Waals surface area contributed by atoms with E-state index in [2.05, 4.69) is 120 Å². The first-order chi connectivity index (χ1) is 35.0. The molecule has 0 aliphatic rings. The minimum atomic E-state index is 0.260. The first-order valence-corrected chi connectivity index (χ1v) is 22.7. The largest absolute Gasteiger partial charge is 0.319 e. The molecule has 9 heteroatoms. The van der Waals surface area contributed by atoms with Gasteiger partial charge >= 0.3 is 0 Å². The lowest BCUT2D eigenvalue weighted by Gasteiger charge is -2.26. The Morgan fingerprint density at radius 2 is 0.803 bits per heavy atom. The minimum absolute atomic E-state index is 0.260. The van der Waals surface area contributed by atoms with Gasteiger partial charge in [0.1, 0.15) is 5.82 Å². The zero-order valence-corrected chi connectivity index (χ0v) is 37.9. The van der Waals surface area contributed by atoms with E-state index >= 15 is 0 Å². The van der Waals surface area contributed by atoms with Crippen LogP contribution in [0.4, 0.5) is 51.2 Å². The Morgan fingerprint density at radius 3 is 1.25 bits per heavy atom. The highest BCUT2D eigenvalue weighted by molar-refractivity contribution is 6.12. The molecule has 11 aromatic rings. The van der Waals surface area contributed by atoms with Crippen molar-refractivity contribution >= 4 is 73.0 Å². The third kappa shape index (κ3) is 7.91. The van der Waals surface area contributed by atoms with Gasteiger partial charge in [0.2, 0.25) is 5.69 Å². The Kier molecular flexibility index (Phi) is 11.3. The highest BCUT2D eigenvalue weighted by atomic mass is 15.2. The summed E-state index contributed by atoms with van der Waals surface area (Å²) in [5, 5.41) is 13.0. The van der Waals surface area contributed by atoms with Crippen molar-refractivity contribution in [1.82, 2.24) is 14.5 Å². The van der Waals surface area contributed by atoms with Crippen LogP contribution in [0.1, 0.15) is 5.56 Å². The molecule has 0 atom stereocenters. The van der Waals surface area contributed by atoms with Gasteiger partial charge in [-0.25, -0.2) is 24.5 Å². The maximum absolute atomic E-state index is 11.1. The molecule has 0 radical (unpaired) electrons. The molecule has 0 bridgehead atoms. The van der Waals surface area contributed by atoms with Crippen LogP contribution >= 0.6 is 0 Å². The van der Waals surface area contributed by atoms with Crippen molar-refractivity contribution in [2.24, 2.45) is 0 Å². The number of benzene rings is 9. The van der Waals surface area contributed by atoms with E-state index in [1.807, 2.05) is 91.0 Å². The maximum Gasteiger partial charge on any atom is 0.211 e. The van der Waals surface area contributed by atoms with Gasteiger partial charge in [-0.1, -0.05) is 121 Å². The first-order valence-electron chi connectivity index (χ1n) is 22.7. The Bertz CT molecular complexity index is 3700. The van der Waals surface area contributed by atoms with Gasteiger partial charge in [-0.2, -0.15) is 5.26 Å². The number of rotatable bonds is 10. The number of hydrogen-bond acceptors (Lipinski definition) is 5. The highest BCUT2D eigenvalue weighted by Gasteiger charge is 2.24. The van der Waals surface area contributed by atoms with Crippen molar-refractivity contribution in [3.8, 4) is 45.7 Å². The fraction of sp³-hybridized carbons (Fsp3) is 0. The molecule has 0 saturated carbocycles. The van der Waals surface area contributed by atoms with Gasteiger partial charge in [-0.15, -0.1) is 0 Å². The van der Waals surface area contributed by atoms with Gasteiger partial charge < -0.3 is 14.4 Å². The van der Waals surface area contributed by atoms with E-state index in [-0.39, 0.29) is 11.4 Å². The molecule has 0 saturated heterocycles. The smallest absolute Gasteiger partial charge is 0.211 e. The normalized spacial score (nSPS) is 10.8. The van der Waals surface area contributed by atoms with Crippen LogP contribution in [0, 0.1) is 31.0 Å². The molecule has 0 N–H and O–H groups in total. The number of hydrogen-bond donors (Lipinski definition) is 0. The van der Waals surface area contributed by atoms with Crippen LogP contribution in [-0.4, -0.2) is 14.5 Å². The second kappa shape index (κ2) is 18.6. The molecular formula is C62H37N9. The van der Waals surface area contributed by atoms with Crippen LogP contribution in [0.3, 0.4) is 0 Å². The molecule has 2 heterocycles. The molecule has 9 nitrogen and oxygen atoms in total. The monoisotopic (exact) mass is 907 g/mol. The maximum atomic E-state index is 11.1. The molecule has 330 valence electrons. The van der Waals surface area contributed by atoms with Crippen LogP contribution < -0.4 is 9.80 Å². The van der Waals surface area contributed by atoms with E-state index in [9.17, 15) is 5.26 Å². The Hall–Kier alpha value is -10.6. The van der Waals surface area contributed by atoms with E-state index in [1.54, 1.807) is 48.5 Å². The SMILES string of the molecule is [C-]#[N+]c1ccccc1-c1cc(-c2cc([N+]#[C-])c(-n3c4ccc(N(c5ccccc5)c5ccccc5)cc4c4cc(N(c5ccccc5)c5ccccc5)ccc43)cc2C#N)nc(-c2ccccc2[N+]#[C-])n1.